The Kier molecular flexibility index (Phi) is 5.56. The van der Waals surface area contributed by atoms with Crippen LogP contribution in [0.25, 0.3) is 10.9 Å². The van der Waals surface area contributed by atoms with Crippen molar-refractivity contribution in [2.75, 3.05) is 5.32 Å². The van der Waals surface area contributed by atoms with E-state index in [2.05, 4.69) is 40.1 Å². The summed E-state index contributed by atoms with van der Waals surface area (Å²) in [4.78, 5) is 16.7. The second-order valence-electron chi connectivity index (χ2n) is 6.91. The molecule has 0 saturated carbocycles. The molecule has 1 amide bonds. The number of nitrogens with zero attached hydrogens (tertiary/aromatic N) is 2. The van der Waals surface area contributed by atoms with Crippen molar-refractivity contribution in [3.05, 3.63) is 93.9 Å². The highest BCUT2D eigenvalue weighted by molar-refractivity contribution is 6.39. The van der Waals surface area contributed by atoms with Gasteiger partial charge in [-0.2, -0.15) is 0 Å². The zero-order valence-corrected chi connectivity index (χ0v) is 17.3. The van der Waals surface area contributed by atoms with Crippen LogP contribution in [-0.2, 0) is 13.0 Å². The molecule has 0 saturated heterocycles. The van der Waals surface area contributed by atoms with Crippen molar-refractivity contribution in [3.63, 3.8) is 0 Å². The summed E-state index contributed by atoms with van der Waals surface area (Å²) in [6.45, 7) is 2.92. The Morgan fingerprint density at radius 1 is 1.07 bits per heavy atom. The van der Waals surface area contributed by atoms with Gasteiger partial charge in [0.25, 0.3) is 5.91 Å². The first kappa shape index (κ1) is 19.5. The Morgan fingerprint density at radius 3 is 2.52 bits per heavy atom. The minimum atomic E-state index is -0.268. The minimum Gasteiger partial charge on any atom is -0.347 e. The van der Waals surface area contributed by atoms with Crippen molar-refractivity contribution in [1.29, 1.82) is 0 Å². The SMILES string of the molecule is Cc1cn(CCc2ccccc2)c2cc(C(=O)Nc3c(Cl)cncc3Cl)ccc12. The van der Waals surface area contributed by atoms with Crippen molar-refractivity contribution < 1.29 is 4.79 Å². The third-order valence-electron chi connectivity index (χ3n) is 4.92. The Morgan fingerprint density at radius 2 is 1.79 bits per heavy atom. The van der Waals surface area contributed by atoms with Gasteiger partial charge in [0.15, 0.2) is 0 Å². The Hall–Kier alpha value is -2.82. The Balaban J connectivity index is 1.62. The summed E-state index contributed by atoms with van der Waals surface area (Å²) in [7, 11) is 0. The lowest BCUT2D eigenvalue weighted by atomic mass is 10.1. The van der Waals surface area contributed by atoms with Crippen molar-refractivity contribution in [1.82, 2.24) is 9.55 Å². The fourth-order valence-electron chi connectivity index (χ4n) is 3.41. The van der Waals surface area contributed by atoms with E-state index in [1.54, 1.807) is 0 Å². The molecule has 4 nitrogen and oxygen atoms in total. The van der Waals surface area contributed by atoms with Crippen LogP contribution in [0.4, 0.5) is 5.69 Å². The number of aromatic nitrogens is 2. The minimum absolute atomic E-state index is 0.268. The summed E-state index contributed by atoms with van der Waals surface area (Å²) in [5, 5.41) is 4.53. The maximum atomic E-state index is 12.8. The van der Waals surface area contributed by atoms with Crippen LogP contribution in [0.15, 0.2) is 67.1 Å². The molecular formula is C23H19Cl2N3O. The molecule has 4 aromatic rings. The average Bonchev–Trinajstić information content (AvgIpc) is 3.05. The topological polar surface area (TPSA) is 46.9 Å². The smallest absolute Gasteiger partial charge is 0.255 e. The van der Waals surface area contributed by atoms with E-state index in [0.717, 1.165) is 23.9 Å². The molecule has 0 unspecified atom stereocenters. The number of rotatable bonds is 5. The molecule has 0 radical (unpaired) electrons. The summed E-state index contributed by atoms with van der Waals surface area (Å²) in [6, 6.07) is 16.1. The fraction of sp³-hybridized carbons (Fsp3) is 0.130. The summed E-state index contributed by atoms with van der Waals surface area (Å²) in [5.41, 5.74) is 4.39. The number of anilines is 1. The fourth-order valence-corrected chi connectivity index (χ4v) is 3.87. The van der Waals surface area contributed by atoms with Gasteiger partial charge < -0.3 is 9.88 Å². The number of amides is 1. The van der Waals surface area contributed by atoms with Crippen LogP contribution in [-0.4, -0.2) is 15.5 Å². The highest BCUT2D eigenvalue weighted by Gasteiger charge is 2.14. The first-order valence-corrected chi connectivity index (χ1v) is 10.0. The maximum Gasteiger partial charge on any atom is 0.255 e. The van der Waals surface area contributed by atoms with Crippen LogP contribution < -0.4 is 5.32 Å². The van der Waals surface area contributed by atoms with Gasteiger partial charge in [-0.3, -0.25) is 9.78 Å². The van der Waals surface area contributed by atoms with E-state index in [4.69, 9.17) is 23.2 Å². The van der Waals surface area contributed by atoms with Crippen LogP contribution in [0.3, 0.4) is 0 Å². The lowest BCUT2D eigenvalue weighted by Crippen LogP contribution is -2.13. The summed E-state index contributed by atoms with van der Waals surface area (Å²) < 4.78 is 2.20. The number of hydrogen-bond donors (Lipinski definition) is 1. The maximum absolute atomic E-state index is 12.8. The summed E-state index contributed by atoms with van der Waals surface area (Å²) >= 11 is 12.2. The van der Waals surface area contributed by atoms with E-state index in [9.17, 15) is 4.79 Å². The highest BCUT2D eigenvalue weighted by Crippen LogP contribution is 2.29. The number of carbonyl (C=O) groups excluding carboxylic acids is 1. The standard InChI is InChI=1S/C23H19Cl2N3O/c1-15-14-28(10-9-16-5-3-2-4-6-16)21-11-17(7-8-18(15)21)23(29)27-22-19(24)12-26-13-20(22)25/h2-8,11-14H,9-10H2,1H3,(H,26,27,29). The molecule has 6 heteroatoms. The number of nitrogens with one attached hydrogen (secondary N) is 1. The number of halogens is 2. The molecule has 0 bridgehead atoms. The average molecular weight is 424 g/mol. The molecule has 0 spiro atoms. The molecule has 0 aliphatic heterocycles. The molecule has 0 fully saturated rings. The lowest BCUT2D eigenvalue weighted by molar-refractivity contribution is 0.102. The molecule has 0 atom stereocenters. The van der Waals surface area contributed by atoms with Crippen molar-refractivity contribution >= 4 is 45.7 Å². The number of benzene rings is 2. The van der Waals surface area contributed by atoms with Gasteiger partial charge >= 0.3 is 0 Å². The second-order valence-corrected chi connectivity index (χ2v) is 7.72. The van der Waals surface area contributed by atoms with Crippen LogP contribution in [0, 0.1) is 6.92 Å². The number of hydrogen-bond acceptors (Lipinski definition) is 2. The van der Waals surface area contributed by atoms with Crippen LogP contribution in [0.1, 0.15) is 21.5 Å². The quantitative estimate of drug-likeness (QED) is 0.418. The third-order valence-corrected chi connectivity index (χ3v) is 5.49. The van der Waals surface area contributed by atoms with Crippen LogP contribution >= 0.6 is 23.2 Å². The number of carbonyl (C=O) groups is 1. The molecule has 2 aromatic heterocycles. The number of fused-ring (bicyclic) bond motifs is 1. The Labute approximate surface area is 179 Å². The van der Waals surface area contributed by atoms with E-state index in [-0.39, 0.29) is 5.91 Å². The van der Waals surface area contributed by atoms with E-state index in [1.165, 1.54) is 23.5 Å². The van der Waals surface area contributed by atoms with Crippen LogP contribution in [0.5, 0.6) is 0 Å². The van der Waals surface area contributed by atoms with Gasteiger partial charge in [0, 0.05) is 41.6 Å². The second kappa shape index (κ2) is 8.27. The van der Waals surface area contributed by atoms with Gasteiger partial charge in [0.2, 0.25) is 0 Å². The van der Waals surface area contributed by atoms with Gasteiger partial charge in [0.1, 0.15) is 0 Å². The monoisotopic (exact) mass is 423 g/mol. The molecule has 29 heavy (non-hydrogen) atoms. The summed E-state index contributed by atoms with van der Waals surface area (Å²) in [5.74, 6) is -0.268. The van der Waals surface area contributed by atoms with Crippen molar-refractivity contribution in [2.24, 2.45) is 0 Å². The molecule has 4 rings (SSSR count). The largest absolute Gasteiger partial charge is 0.347 e. The molecule has 1 N–H and O–H groups in total. The van der Waals surface area contributed by atoms with E-state index < -0.39 is 0 Å². The first-order valence-electron chi connectivity index (χ1n) is 9.26. The van der Waals surface area contributed by atoms with Crippen molar-refractivity contribution in [2.45, 2.75) is 19.9 Å². The number of aryl methyl sites for hydroxylation is 3. The highest BCUT2D eigenvalue weighted by atomic mass is 35.5. The molecule has 146 valence electrons. The zero-order valence-electron chi connectivity index (χ0n) is 15.8. The molecule has 0 aliphatic rings. The molecule has 2 aromatic carbocycles. The van der Waals surface area contributed by atoms with Gasteiger partial charge in [-0.15, -0.1) is 0 Å². The Bertz CT molecular complexity index is 1170. The molecule has 2 heterocycles. The predicted molar refractivity (Wildman–Crippen MR) is 119 cm³/mol. The van der Waals surface area contributed by atoms with Crippen LogP contribution in [0.2, 0.25) is 10.0 Å². The molecule has 0 aliphatic carbocycles. The third kappa shape index (κ3) is 4.14. The zero-order chi connectivity index (χ0) is 20.4. The molecular weight excluding hydrogens is 405 g/mol. The van der Waals surface area contributed by atoms with Crippen molar-refractivity contribution in [3.8, 4) is 0 Å². The van der Waals surface area contributed by atoms with Gasteiger partial charge in [0.05, 0.1) is 15.7 Å². The number of pyridine rings is 1. The van der Waals surface area contributed by atoms with Gasteiger partial charge in [-0.25, -0.2) is 0 Å². The lowest BCUT2D eigenvalue weighted by Gasteiger charge is -2.10. The van der Waals surface area contributed by atoms with E-state index in [0.29, 0.717) is 21.3 Å². The van der Waals surface area contributed by atoms with E-state index >= 15 is 0 Å². The summed E-state index contributed by atoms with van der Waals surface area (Å²) in [6.07, 6.45) is 5.95. The van der Waals surface area contributed by atoms with E-state index in [1.807, 2.05) is 36.4 Å². The normalized spacial score (nSPS) is 11.0. The van der Waals surface area contributed by atoms with Gasteiger partial charge in [-0.1, -0.05) is 59.6 Å². The predicted octanol–water partition coefficient (Wildman–Crippen LogP) is 6.15. The first-order chi connectivity index (χ1) is 14.0. The van der Waals surface area contributed by atoms with Gasteiger partial charge in [-0.05, 0) is 36.6 Å².